The van der Waals surface area contributed by atoms with E-state index in [1.807, 2.05) is 0 Å². The molecule has 0 spiro atoms. The Hall–Kier alpha value is -3.46. The fraction of sp³-hybridized carbons (Fsp3) is 0.227. The molecular weight excluding hydrogens is 420 g/mol. The third-order valence-electron chi connectivity index (χ3n) is 5.25. The molecule has 0 bridgehead atoms. The van der Waals surface area contributed by atoms with E-state index in [9.17, 15) is 13.2 Å². The van der Waals surface area contributed by atoms with Crippen molar-refractivity contribution in [2.24, 2.45) is 0 Å². The molecule has 0 saturated carbocycles. The number of benzene rings is 2. The molecule has 2 aliphatic rings. The average molecular weight is 440 g/mol. The molecule has 1 N–H and O–H groups in total. The number of anilines is 2. The topological polar surface area (TPSA) is 98.1 Å². The lowest BCUT2D eigenvalue weighted by Gasteiger charge is -2.29. The maximum atomic E-state index is 12.9. The average Bonchev–Trinajstić information content (AvgIpc) is 3.32. The second kappa shape index (κ2) is 7.66. The van der Waals surface area contributed by atoms with Crippen LogP contribution in [0, 0.1) is 0 Å². The number of carbonyl (C=O) groups is 1. The van der Waals surface area contributed by atoms with Crippen LogP contribution >= 0.6 is 0 Å². The summed E-state index contributed by atoms with van der Waals surface area (Å²) in [4.78, 5) is 14.5. The van der Waals surface area contributed by atoms with Crippen molar-refractivity contribution in [3.63, 3.8) is 0 Å². The molecule has 2 aliphatic heterocycles. The number of nitrogens with one attached hydrogen (secondary N) is 1. The Kier molecular flexibility index (Phi) is 4.82. The van der Waals surface area contributed by atoms with Crippen molar-refractivity contribution >= 4 is 27.3 Å². The van der Waals surface area contributed by atoms with Crippen LogP contribution in [0.4, 0.5) is 11.4 Å². The van der Waals surface area contributed by atoms with Gasteiger partial charge in [0.25, 0.3) is 15.9 Å². The standard InChI is InChI=1S/C22H20N2O6S/c25-22(20-4-2-10-28-20)24-9-1-3-15-13-16(5-7-18(15)24)23-31(26,27)17-6-8-19-21(14-17)30-12-11-29-19/h2,4-8,10,13-14,23H,1,3,9,11-12H2. The van der Waals surface area contributed by atoms with E-state index < -0.39 is 10.0 Å². The Morgan fingerprint density at radius 2 is 1.84 bits per heavy atom. The molecule has 160 valence electrons. The van der Waals surface area contributed by atoms with Crippen LogP contribution in [0.3, 0.4) is 0 Å². The smallest absolute Gasteiger partial charge is 0.293 e. The first-order valence-corrected chi connectivity index (χ1v) is 11.4. The number of aryl methyl sites for hydroxylation is 1. The minimum Gasteiger partial charge on any atom is -0.486 e. The molecule has 1 amide bonds. The minimum atomic E-state index is -3.82. The zero-order valence-electron chi connectivity index (χ0n) is 16.5. The van der Waals surface area contributed by atoms with Crippen molar-refractivity contribution in [2.45, 2.75) is 17.7 Å². The van der Waals surface area contributed by atoms with Crippen LogP contribution in [0.1, 0.15) is 22.5 Å². The Balaban J connectivity index is 1.40. The van der Waals surface area contributed by atoms with Crippen molar-refractivity contribution < 1.29 is 27.1 Å². The minimum absolute atomic E-state index is 0.0871. The van der Waals surface area contributed by atoms with Gasteiger partial charge >= 0.3 is 0 Å². The molecule has 31 heavy (non-hydrogen) atoms. The van der Waals surface area contributed by atoms with Gasteiger partial charge < -0.3 is 18.8 Å². The summed E-state index contributed by atoms with van der Waals surface area (Å²) < 4.78 is 44.6. The molecule has 0 saturated heterocycles. The van der Waals surface area contributed by atoms with Crippen LogP contribution in [0.25, 0.3) is 0 Å². The molecule has 2 aromatic carbocycles. The lowest BCUT2D eigenvalue weighted by molar-refractivity contribution is 0.0958. The quantitative estimate of drug-likeness (QED) is 0.667. The maximum absolute atomic E-state index is 12.9. The van der Waals surface area contributed by atoms with E-state index in [2.05, 4.69) is 4.72 Å². The summed E-state index contributed by atoms with van der Waals surface area (Å²) >= 11 is 0. The summed E-state index contributed by atoms with van der Waals surface area (Å²) in [6.07, 6.45) is 2.99. The first-order chi connectivity index (χ1) is 15.0. The van der Waals surface area contributed by atoms with E-state index in [1.165, 1.54) is 18.4 Å². The van der Waals surface area contributed by atoms with E-state index in [0.29, 0.717) is 36.9 Å². The van der Waals surface area contributed by atoms with Crippen LogP contribution < -0.4 is 19.1 Å². The maximum Gasteiger partial charge on any atom is 0.293 e. The first kappa shape index (κ1) is 19.5. The Morgan fingerprint density at radius 1 is 1.00 bits per heavy atom. The van der Waals surface area contributed by atoms with Gasteiger partial charge in [-0.2, -0.15) is 0 Å². The van der Waals surface area contributed by atoms with Gasteiger partial charge in [-0.15, -0.1) is 0 Å². The highest BCUT2D eigenvalue weighted by Crippen LogP contribution is 2.34. The highest BCUT2D eigenvalue weighted by molar-refractivity contribution is 7.92. The number of hydrogen-bond acceptors (Lipinski definition) is 6. The summed E-state index contributed by atoms with van der Waals surface area (Å²) in [7, 11) is -3.82. The lowest BCUT2D eigenvalue weighted by Crippen LogP contribution is -2.35. The van der Waals surface area contributed by atoms with Gasteiger partial charge in [0.15, 0.2) is 17.3 Å². The highest BCUT2D eigenvalue weighted by atomic mass is 32.2. The number of furan rings is 1. The van der Waals surface area contributed by atoms with Crippen molar-refractivity contribution in [3.05, 3.63) is 66.1 Å². The van der Waals surface area contributed by atoms with E-state index in [4.69, 9.17) is 13.9 Å². The number of amides is 1. The van der Waals surface area contributed by atoms with Gasteiger partial charge in [0.2, 0.25) is 0 Å². The van der Waals surface area contributed by atoms with Gasteiger partial charge in [-0.1, -0.05) is 0 Å². The molecule has 0 radical (unpaired) electrons. The molecule has 0 fully saturated rings. The van der Waals surface area contributed by atoms with Crippen molar-refractivity contribution in [2.75, 3.05) is 29.4 Å². The molecule has 0 aliphatic carbocycles. The third-order valence-corrected chi connectivity index (χ3v) is 6.63. The van der Waals surface area contributed by atoms with E-state index in [0.717, 1.165) is 24.1 Å². The predicted octanol–water partition coefficient (Wildman–Crippen LogP) is 3.44. The van der Waals surface area contributed by atoms with Crippen LogP contribution in [0.5, 0.6) is 11.5 Å². The number of fused-ring (bicyclic) bond motifs is 2. The third kappa shape index (κ3) is 3.72. The zero-order chi connectivity index (χ0) is 21.4. The fourth-order valence-corrected chi connectivity index (χ4v) is 4.87. The number of hydrogen-bond donors (Lipinski definition) is 1. The molecule has 8 nitrogen and oxygen atoms in total. The van der Waals surface area contributed by atoms with Crippen LogP contribution in [0.2, 0.25) is 0 Å². The fourth-order valence-electron chi connectivity index (χ4n) is 3.81. The van der Waals surface area contributed by atoms with E-state index in [1.54, 1.807) is 41.3 Å². The Morgan fingerprint density at radius 3 is 2.65 bits per heavy atom. The van der Waals surface area contributed by atoms with Crippen molar-refractivity contribution in [3.8, 4) is 11.5 Å². The molecular formula is C22H20N2O6S. The summed E-state index contributed by atoms with van der Waals surface area (Å²) in [5.74, 6) is 0.999. The number of ether oxygens (including phenoxy) is 2. The molecule has 9 heteroatoms. The second-order valence-corrected chi connectivity index (χ2v) is 8.97. The van der Waals surface area contributed by atoms with Gasteiger partial charge in [0.05, 0.1) is 11.2 Å². The predicted molar refractivity (Wildman–Crippen MR) is 113 cm³/mol. The largest absolute Gasteiger partial charge is 0.486 e. The Bertz CT molecular complexity index is 1240. The zero-order valence-corrected chi connectivity index (χ0v) is 17.4. The SMILES string of the molecule is O=C(c1ccco1)N1CCCc2cc(NS(=O)(=O)c3ccc4c(c3)OCCO4)ccc21. The summed E-state index contributed by atoms with van der Waals surface area (Å²) in [6, 6.07) is 13.0. The molecule has 5 rings (SSSR count). The van der Waals surface area contributed by atoms with Crippen molar-refractivity contribution in [1.82, 2.24) is 0 Å². The molecule has 0 atom stereocenters. The van der Waals surface area contributed by atoms with E-state index in [-0.39, 0.29) is 16.6 Å². The summed E-state index contributed by atoms with van der Waals surface area (Å²) in [5.41, 5.74) is 2.09. The molecule has 1 aromatic heterocycles. The monoisotopic (exact) mass is 440 g/mol. The highest BCUT2D eigenvalue weighted by Gasteiger charge is 2.26. The summed E-state index contributed by atoms with van der Waals surface area (Å²) in [6.45, 7) is 1.39. The molecule has 3 aromatic rings. The number of rotatable bonds is 4. The van der Waals surface area contributed by atoms with Gasteiger partial charge in [0, 0.05) is 24.0 Å². The van der Waals surface area contributed by atoms with Gasteiger partial charge in [-0.3, -0.25) is 9.52 Å². The lowest BCUT2D eigenvalue weighted by atomic mass is 10.0. The van der Waals surface area contributed by atoms with E-state index >= 15 is 0 Å². The van der Waals surface area contributed by atoms with Crippen LogP contribution in [0.15, 0.2) is 64.1 Å². The number of sulfonamides is 1. The van der Waals surface area contributed by atoms with Crippen LogP contribution in [-0.2, 0) is 16.4 Å². The second-order valence-electron chi connectivity index (χ2n) is 7.29. The number of nitrogens with zero attached hydrogens (tertiary/aromatic N) is 1. The van der Waals surface area contributed by atoms with Crippen LogP contribution in [-0.4, -0.2) is 34.1 Å². The molecule has 0 unspecified atom stereocenters. The van der Waals surface area contributed by atoms with Gasteiger partial charge in [0.1, 0.15) is 13.2 Å². The van der Waals surface area contributed by atoms with Gasteiger partial charge in [-0.25, -0.2) is 8.42 Å². The normalized spacial score (nSPS) is 15.3. The first-order valence-electron chi connectivity index (χ1n) is 9.92. The summed E-state index contributed by atoms with van der Waals surface area (Å²) in [5, 5.41) is 0. The Labute approximate surface area is 179 Å². The molecule has 3 heterocycles. The van der Waals surface area contributed by atoms with Crippen molar-refractivity contribution in [1.29, 1.82) is 0 Å². The number of carbonyl (C=O) groups excluding carboxylic acids is 1. The van der Waals surface area contributed by atoms with Gasteiger partial charge in [-0.05, 0) is 60.9 Å².